The van der Waals surface area contributed by atoms with Crippen molar-refractivity contribution in [2.75, 3.05) is 26.7 Å². The van der Waals surface area contributed by atoms with Gasteiger partial charge >= 0.3 is 6.18 Å². The highest BCUT2D eigenvalue weighted by molar-refractivity contribution is 5.96. The molecule has 34 heavy (non-hydrogen) atoms. The Bertz CT molecular complexity index is 1010. The van der Waals surface area contributed by atoms with Crippen LogP contribution in [0.15, 0.2) is 54.6 Å². The number of hydrogen-bond donors (Lipinski definition) is 0. The normalized spacial score (nSPS) is 15.6. The van der Waals surface area contributed by atoms with Crippen LogP contribution in [-0.2, 0) is 21.2 Å². The zero-order valence-electron chi connectivity index (χ0n) is 19.4. The Morgan fingerprint density at radius 3 is 2.09 bits per heavy atom. The Hall–Kier alpha value is -3.16. The van der Waals surface area contributed by atoms with Crippen LogP contribution in [-0.4, -0.2) is 54.1 Å². The van der Waals surface area contributed by atoms with Crippen LogP contribution >= 0.6 is 0 Å². The Balaban J connectivity index is 1.64. The molecule has 1 heterocycles. The van der Waals surface area contributed by atoms with E-state index in [1.54, 1.807) is 4.90 Å². The zero-order valence-corrected chi connectivity index (χ0v) is 19.4. The number of likely N-dealkylation sites (N-methyl/N-ethyl adjacent to an activating group) is 1. The Morgan fingerprint density at radius 1 is 0.971 bits per heavy atom. The van der Waals surface area contributed by atoms with Crippen molar-refractivity contribution in [3.8, 4) is 0 Å². The van der Waals surface area contributed by atoms with Crippen molar-refractivity contribution >= 4 is 17.6 Å². The van der Waals surface area contributed by atoms with Gasteiger partial charge in [-0.15, -0.1) is 0 Å². The number of carbonyl (C=O) groups excluding carboxylic acids is 3. The van der Waals surface area contributed by atoms with E-state index in [9.17, 15) is 27.6 Å². The Labute approximate surface area is 197 Å². The summed E-state index contributed by atoms with van der Waals surface area (Å²) in [5.74, 6) is -0.605. The average molecular weight is 475 g/mol. The minimum atomic E-state index is -4.48. The molecule has 1 aliphatic rings. The average Bonchev–Trinajstić information content (AvgIpc) is 2.83. The number of rotatable bonds is 7. The van der Waals surface area contributed by atoms with Gasteiger partial charge in [0.25, 0.3) is 5.91 Å². The van der Waals surface area contributed by atoms with Crippen LogP contribution in [0.1, 0.15) is 54.1 Å². The molecule has 2 amide bonds. The molecule has 5 nitrogen and oxygen atoms in total. The van der Waals surface area contributed by atoms with Crippen molar-refractivity contribution < 1.29 is 27.6 Å². The van der Waals surface area contributed by atoms with Crippen molar-refractivity contribution in [2.45, 2.75) is 44.2 Å². The van der Waals surface area contributed by atoms with Gasteiger partial charge in [-0.1, -0.05) is 37.3 Å². The minimum Gasteiger partial charge on any atom is -0.341 e. The smallest absolute Gasteiger partial charge is 0.341 e. The second-order valence-corrected chi connectivity index (χ2v) is 8.74. The van der Waals surface area contributed by atoms with Crippen molar-refractivity contribution in [1.82, 2.24) is 9.80 Å². The highest BCUT2D eigenvalue weighted by Crippen LogP contribution is 2.38. The molecule has 1 saturated heterocycles. The summed E-state index contributed by atoms with van der Waals surface area (Å²) in [4.78, 5) is 41.4. The Kier molecular flexibility index (Phi) is 7.79. The van der Waals surface area contributed by atoms with Crippen LogP contribution in [0.4, 0.5) is 13.2 Å². The van der Waals surface area contributed by atoms with Gasteiger partial charge in [0.15, 0.2) is 0 Å². The number of alkyl halides is 3. The molecule has 1 aliphatic heterocycles. The highest BCUT2D eigenvalue weighted by atomic mass is 19.4. The van der Waals surface area contributed by atoms with Crippen molar-refractivity contribution in [3.63, 3.8) is 0 Å². The Morgan fingerprint density at radius 2 is 1.56 bits per heavy atom. The molecule has 8 heteroatoms. The lowest BCUT2D eigenvalue weighted by molar-refractivity contribution is -0.137. The van der Waals surface area contributed by atoms with Crippen LogP contribution in [0.3, 0.4) is 0 Å². The first-order chi connectivity index (χ1) is 16.1. The number of amides is 2. The molecule has 0 aromatic heterocycles. The third-order valence-electron chi connectivity index (χ3n) is 6.49. The number of likely N-dealkylation sites (tertiary alicyclic amines) is 1. The SMILES string of the molecule is CCCC(=O)C1(c2ccccc2)CCN(C(=O)CN(C)C(=O)c2ccc(C(F)(F)F)cc2)CC1. The van der Waals surface area contributed by atoms with Gasteiger partial charge in [0.1, 0.15) is 5.78 Å². The minimum absolute atomic E-state index is 0.0789. The molecule has 0 radical (unpaired) electrons. The second kappa shape index (κ2) is 10.4. The van der Waals surface area contributed by atoms with E-state index < -0.39 is 23.1 Å². The maximum atomic E-state index is 13.1. The number of carbonyl (C=O) groups is 3. The summed E-state index contributed by atoms with van der Waals surface area (Å²) in [5.41, 5.74) is -0.406. The predicted octanol–water partition coefficient (Wildman–Crippen LogP) is 4.71. The fourth-order valence-electron chi connectivity index (χ4n) is 4.49. The van der Waals surface area contributed by atoms with Gasteiger partial charge in [-0.05, 0) is 49.1 Å². The summed E-state index contributed by atoms with van der Waals surface area (Å²) in [5, 5.41) is 0. The van der Waals surface area contributed by atoms with E-state index >= 15 is 0 Å². The van der Waals surface area contributed by atoms with Crippen molar-refractivity contribution in [1.29, 1.82) is 0 Å². The van der Waals surface area contributed by atoms with E-state index in [0.717, 1.165) is 36.2 Å². The molecule has 182 valence electrons. The molecule has 1 fully saturated rings. The van der Waals surface area contributed by atoms with Gasteiger partial charge in [0.2, 0.25) is 5.91 Å². The molecule has 3 rings (SSSR count). The van der Waals surface area contributed by atoms with E-state index in [1.165, 1.54) is 11.9 Å². The third-order valence-corrected chi connectivity index (χ3v) is 6.49. The monoisotopic (exact) mass is 474 g/mol. The number of hydrogen-bond acceptors (Lipinski definition) is 3. The molecule has 0 atom stereocenters. The number of ketones is 1. The van der Waals surface area contributed by atoms with Crippen molar-refractivity contribution in [3.05, 3.63) is 71.3 Å². The number of benzene rings is 2. The standard InChI is InChI=1S/C26H29F3N2O3/c1-3-7-22(32)25(20-8-5-4-6-9-20)14-16-31(17-15-25)23(33)18-30(2)24(34)19-10-12-21(13-11-19)26(27,28)29/h4-6,8-13H,3,7,14-18H2,1-2H3. The maximum absolute atomic E-state index is 13.1. The van der Waals surface area contributed by atoms with Crippen LogP contribution in [0.5, 0.6) is 0 Å². The van der Waals surface area contributed by atoms with Crippen LogP contribution in [0.25, 0.3) is 0 Å². The molecular formula is C26H29F3N2O3. The number of nitrogens with zero attached hydrogens (tertiary/aromatic N) is 2. The lowest BCUT2D eigenvalue weighted by Crippen LogP contribution is -2.51. The van der Waals surface area contributed by atoms with Crippen LogP contribution in [0.2, 0.25) is 0 Å². The number of piperidine rings is 1. The molecule has 0 spiro atoms. The largest absolute Gasteiger partial charge is 0.416 e. The summed E-state index contributed by atoms with van der Waals surface area (Å²) in [6.45, 7) is 2.57. The predicted molar refractivity (Wildman–Crippen MR) is 122 cm³/mol. The van der Waals surface area contributed by atoms with E-state index in [1.807, 2.05) is 37.3 Å². The highest BCUT2D eigenvalue weighted by Gasteiger charge is 2.42. The summed E-state index contributed by atoms with van der Waals surface area (Å²) in [6, 6.07) is 13.6. The van der Waals surface area contributed by atoms with E-state index in [-0.39, 0.29) is 23.8 Å². The van der Waals surface area contributed by atoms with Gasteiger partial charge in [-0.25, -0.2) is 0 Å². The van der Waals surface area contributed by atoms with Gasteiger partial charge < -0.3 is 9.80 Å². The summed E-state index contributed by atoms with van der Waals surface area (Å²) in [6.07, 6.45) is -2.22. The first-order valence-electron chi connectivity index (χ1n) is 11.4. The maximum Gasteiger partial charge on any atom is 0.416 e. The van der Waals surface area contributed by atoms with E-state index in [4.69, 9.17) is 0 Å². The molecule has 0 aliphatic carbocycles. The first kappa shape index (κ1) is 25.5. The quantitative estimate of drug-likeness (QED) is 0.584. The number of halogens is 3. The molecular weight excluding hydrogens is 445 g/mol. The molecule has 0 N–H and O–H groups in total. The summed E-state index contributed by atoms with van der Waals surface area (Å²) < 4.78 is 38.2. The zero-order chi connectivity index (χ0) is 24.9. The first-order valence-corrected chi connectivity index (χ1v) is 11.4. The lowest BCUT2D eigenvalue weighted by atomic mass is 9.68. The lowest BCUT2D eigenvalue weighted by Gasteiger charge is -2.41. The van der Waals surface area contributed by atoms with Gasteiger partial charge in [-0.2, -0.15) is 13.2 Å². The summed E-state index contributed by atoms with van der Waals surface area (Å²) >= 11 is 0. The number of Topliss-reactive ketones (excluding diaryl/α,β-unsaturated/α-hetero) is 1. The third kappa shape index (κ3) is 5.48. The topological polar surface area (TPSA) is 57.7 Å². The van der Waals surface area contributed by atoms with Gasteiger partial charge in [-0.3, -0.25) is 14.4 Å². The molecule has 0 bridgehead atoms. The fraction of sp³-hybridized carbons (Fsp3) is 0.423. The van der Waals surface area contributed by atoms with E-state index in [0.29, 0.717) is 32.4 Å². The van der Waals surface area contributed by atoms with Crippen molar-refractivity contribution in [2.24, 2.45) is 0 Å². The molecule has 0 unspecified atom stereocenters. The fourth-order valence-corrected chi connectivity index (χ4v) is 4.49. The van der Waals surface area contributed by atoms with Crippen LogP contribution in [0, 0.1) is 0 Å². The molecule has 0 saturated carbocycles. The second-order valence-electron chi connectivity index (χ2n) is 8.74. The van der Waals surface area contributed by atoms with Gasteiger partial charge in [0, 0.05) is 32.1 Å². The molecule has 2 aromatic rings. The van der Waals surface area contributed by atoms with Crippen LogP contribution < -0.4 is 0 Å². The van der Waals surface area contributed by atoms with E-state index in [2.05, 4.69) is 0 Å². The van der Waals surface area contributed by atoms with Gasteiger partial charge in [0.05, 0.1) is 17.5 Å². The molecule has 2 aromatic carbocycles. The summed E-state index contributed by atoms with van der Waals surface area (Å²) in [7, 11) is 1.45.